The highest BCUT2D eigenvalue weighted by Crippen LogP contribution is 2.36. The van der Waals surface area contributed by atoms with E-state index >= 15 is 4.39 Å². The van der Waals surface area contributed by atoms with Gasteiger partial charge in [0.25, 0.3) is 5.92 Å². The van der Waals surface area contributed by atoms with Gasteiger partial charge in [-0.15, -0.1) is 10.2 Å². The number of anilines is 1. The lowest BCUT2D eigenvalue weighted by molar-refractivity contribution is 0.00583. The van der Waals surface area contributed by atoms with Crippen LogP contribution in [-0.4, -0.2) is 80.4 Å². The fraction of sp³-hybridized carbons (Fsp3) is 0.400. The first-order valence-corrected chi connectivity index (χ1v) is 10.2. The number of aromatic nitrogens is 6. The van der Waals surface area contributed by atoms with Crippen LogP contribution in [-0.2, 0) is 6.54 Å². The molecule has 13 heteroatoms. The first-order chi connectivity index (χ1) is 15.8. The normalized spacial score (nSPS) is 18.4. The van der Waals surface area contributed by atoms with Gasteiger partial charge in [0, 0.05) is 6.54 Å². The summed E-state index contributed by atoms with van der Waals surface area (Å²) in [6, 6.07) is 3.74. The van der Waals surface area contributed by atoms with E-state index in [2.05, 4.69) is 25.7 Å². The van der Waals surface area contributed by atoms with Crippen molar-refractivity contribution < 1.29 is 22.3 Å². The zero-order valence-corrected chi connectivity index (χ0v) is 17.8. The number of alkyl halides is 3. The number of benzene rings is 1. The van der Waals surface area contributed by atoms with Crippen LogP contribution in [0.25, 0.3) is 27.7 Å². The second kappa shape index (κ2) is 7.83. The van der Waals surface area contributed by atoms with E-state index in [9.17, 15) is 13.2 Å². The van der Waals surface area contributed by atoms with Gasteiger partial charge in [0.05, 0.1) is 37.5 Å². The molecule has 174 valence electrons. The van der Waals surface area contributed by atoms with Crippen LogP contribution in [0.1, 0.15) is 0 Å². The van der Waals surface area contributed by atoms with Crippen molar-refractivity contribution in [3.63, 3.8) is 0 Å². The van der Waals surface area contributed by atoms with E-state index in [0.717, 1.165) is 6.20 Å². The molecule has 9 nitrogen and oxygen atoms in total. The third-order valence-corrected chi connectivity index (χ3v) is 5.63. The van der Waals surface area contributed by atoms with Gasteiger partial charge in [-0.05, 0) is 24.7 Å². The zero-order valence-electron chi connectivity index (χ0n) is 17.8. The Labute approximate surface area is 184 Å². The Morgan fingerprint density at radius 1 is 1.30 bits per heavy atom. The monoisotopic (exact) mass is 464 g/mol. The van der Waals surface area contributed by atoms with Gasteiger partial charge in [0.1, 0.15) is 23.7 Å². The molecule has 0 bridgehead atoms. The van der Waals surface area contributed by atoms with Crippen molar-refractivity contribution in [2.75, 3.05) is 39.2 Å². The van der Waals surface area contributed by atoms with E-state index in [-0.39, 0.29) is 42.5 Å². The molecular weight excluding hydrogens is 444 g/mol. The van der Waals surface area contributed by atoms with Crippen molar-refractivity contribution in [2.45, 2.75) is 18.5 Å². The van der Waals surface area contributed by atoms with Gasteiger partial charge in [-0.1, -0.05) is 11.3 Å². The third-order valence-electron chi connectivity index (χ3n) is 5.63. The molecule has 1 aliphatic heterocycles. The van der Waals surface area contributed by atoms with Gasteiger partial charge >= 0.3 is 0 Å². The molecule has 4 heterocycles. The molecule has 0 amide bonds. The number of fused-ring (bicyclic) bond motifs is 2. The highest BCUT2D eigenvalue weighted by Gasteiger charge is 2.47. The minimum Gasteiger partial charge on any atom is -0.479 e. The summed E-state index contributed by atoms with van der Waals surface area (Å²) in [5, 5.41) is 14.7. The fourth-order valence-corrected chi connectivity index (χ4v) is 4.15. The molecule has 5 rings (SSSR count). The first-order valence-electron chi connectivity index (χ1n) is 10.2. The molecule has 1 unspecified atom stereocenters. The van der Waals surface area contributed by atoms with Crippen LogP contribution in [0.5, 0.6) is 5.88 Å². The third kappa shape index (κ3) is 3.61. The van der Waals surface area contributed by atoms with E-state index in [4.69, 9.17) is 4.74 Å². The van der Waals surface area contributed by atoms with Crippen LogP contribution >= 0.6 is 0 Å². The maximum absolute atomic E-state index is 15.1. The van der Waals surface area contributed by atoms with E-state index in [1.54, 1.807) is 25.2 Å². The van der Waals surface area contributed by atoms with Crippen molar-refractivity contribution in [3.05, 3.63) is 30.2 Å². The second-order valence-electron chi connectivity index (χ2n) is 7.95. The number of methoxy groups -OCH3 is 1. The second-order valence-corrected chi connectivity index (χ2v) is 7.95. The Morgan fingerprint density at radius 2 is 2.12 bits per heavy atom. The van der Waals surface area contributed by atoms with Gasteiger partial charge in [-0.2, -0.15) is 4.98 Å². The minimum absolute atomic E-state index is 0.0107. The Balaban J connectivity index is 1.59. The van der Waals surface area contributed by atoms with Crippen LogP contribution in [0, 0.1) is 5.82 Å². The molecule has 0 aliphatic carbocycles. The molecule has 1 fully saturated rings. The number of likely N-dealkylation sites (N-methyl/N-ethyl adjacent to an activating group) is 1. The standard InChI is InChI=1S/C20H20F4N8O/c1-30-9-15(20(23,24)10-30)25-19-26-18(33-2)17-16(12(22)8-32(17)28-19)11-3-4-13-14(7-11)31(6-5-21)29-27-13/h3-4,7-8,15H,5-6,9-10H2,1-2H3,(H,25,28). The lowest BCUT2D eigenvalue weighted by Crippen LogP contribution is -2.38. The summed E-state index contributed by atoms with van der Waals surface area (Å²) in [5.74, 6) is -3.69. The van der Waals surface area contributed by atoms with Crippen LogP contribution in [0.4, 0.5) is 23.5 Å². The van der Waals surface area contributed by atoms with E-state index in [1.807, 2.05) is 0 Å². The maximum atomic E-state index is 15.1. The molecule has 1 N–H and O–H groups in total. The summed E-state index contributed by atoms with van der Waals surface area (Å²) >= 11 is 0. The number of nitrogens with one attached hydrogen (secondary N) is 1. The smallest absolute Gasteiger partial charge is 0.281 e. The van der Waals surface area contributed by atoms with Gasteiger partial charge < -0.3 is 10.1 Å². The van der Waals surface area contributed by atoms with Crippen molar-refractivity contribution >= 4 is 22.5 Å². The number of aryl methyl sites for hydroxylation is 1. The largest absolute Gasteiger partial charge is 0.479 e. The van der Waals surface area contributed by atoms with Crippen molar-refractivity contribution in [2.24, 2.45) is 0 Å². The summed E-state index contributed by atoms with van der Waals surface area (Å²) in [5.41, 5.74) is 1.90. The van der Waals surface area contributed by atoms with Gasteiger partial charge in [0.15, 0.2) is 5.82 Å². The fourth-order valence-electron chi connectivity index (χ4n) is 4.15. The molecule has 1 saturated heterocycles. The highest BCUT2D eigenvalue weighted by molar-refractivity contribution is 5.89. The predicted molar refractivity (Wildman–Crippen MR) is 112 cm³/mol. The maximum Gasteiger partial charge on any atom is 0.281 e. The Morgan fingerprint density at radius 3 is 2.82 bits per heavy atom. The molecule has 1 aromatic carbocycles. The molecule has 3 aromatic heterocycles. The Hall–Kier alpha value is -3.48. The summed E-state index contributed by atoms with van der Waals surface area (Å²) in [4.78, 5) is 5.71. The molecule has 1 aliphatic rings. The summed E-state index contributed by atoms with van der Waals surface area (Å²) < 4.78 is 64.4. The average molecular weight is 464 g/mol. The number of ether oxygens (including phenoxy) is 1. The van der Waals surface area contributed by atoms with E-state index in [1.165, 1.54) is 21.2 Å². The van der Waals surface area contributed by atoms with Crippen LogP contribution < -0.4 is 10.1 Å². The topological polar surface area (TPSA) is 85.4 Å². The molecular formula is C20H20F4N8O. The summed E-state index contributed by atoms with van der Waals surface area (Å²) in [7, 11) is 2.95. The lowest BCUT2D eigenvalue weighted by Gasteiger charge is -2.19. The molecule has 0 saturated carbocycles. The van der Waals surface area contributed by atoms with E-state index < -0.39 is 24.5 Å². The Kier molecular flexibility index (Phi) is 5.07. The zero-order chi connectivity index (χ0) is 23.3. The van der Waals surface area contributed by atoms with Gasteiger partial charge in [-0.3, -0.25) is 4.90 Å². The molecule has 0 radical (unpaired) electrons. The predicted octanol–water partition coefficient (Wildman–Crippen LogP) is 2.62. The summed E-state index contributed by atoms with van der Waals surface area (Å²) in [6.45, 7) is -0.897. The highest BCUT2D eigenvalue weighted by atomic mass is 19.3. The first kappa shape index (κ1) is 21.4. The molecule has 1 atom stereocenters. The average Bonchev–Trinajstić information content (AvgIpc) is 3.39. The molecule has 33 heavy (non-hydrogen) atoms. The van der Waals surface area contributed by atoms with Crippen molar-refractivity contribution in [3.8, 4) is 17.0 Å². The van der Waals surface area contributed by atoms with Gasteiger partial charge in [-0.25, -0.2) is 26.8 Å². The quantitative estimate of drug-likeness (QED) is 0.439. The molecule has 4 aromatic rings. The SMILES string of the molecule is COc1nc(NC2CN(C)CC2(F)F)nn2cc(F)c(-c3ccc4nnn(CCF)c4c3)c12. The number of rotatable bonds is 6. The Bertz CT molecular complexity index is 1340. The van der Waals surface area contributed by atoms with Crippen LogP contribution in [0.3, 0.4) is 0 Å². The number of hydrogen-bond donors (Lipinski definition) is 1. The van der Waals surface area contributed by atoms with Crippen molar-refractivity contribution in [1.29, 1.82) is 0 Å². The van der Waals surface area contributed by atoms with Crippen LogP contribution in [0.15, 0.2) is 24.4 Å². The van der Waals surface area contributed by atoms with Gasteiger partial charge in [0.2, 0.25) is 11.8 Å². The number of hydrogen-bond acceptors (Lipinski definition) is 7. The van der Waals surface area contributed by atoms with E-state index in [0.29, 0.717) is 16.6 Å². The minimum atomic E-state index is -2.97. The van der Waals surface area contributed by atoms with Crippen molar-refractivity contribution in [1.82, 2.24) is 34.5 Å². The lowest BCUT2D eigenvalue weighted by atomic mass is 10.1. The number of likely N-dealkylation sites (tertiary alicyclic amines) is 1. The van der Waals surface area contributed by atoms with Crippen LogP contribution in [0.2, 0.25) is 0 Å². The number of halogens is 4. The number of nitrogens with zero attached hydrogens (tertiary/aromatic N) is 7. The summed E-state index contributed by atoms with van der Waals surface area (Å²) in [6.07, 6.45) is 1.13. The molecule has 0 spiro atoms.